The van der Waals surface area contributed by atoms with Crippen LogP contribution in [-0.4, -0.2) is 54.2 Å². The Morgan fingerprint density at radius 3 is 2.65 bits per heavy atom. The van der Waals surface area contributed by atoms with Crippen molar-refractivity contribution in [3.8, 4) is 0 Å². The van der Waals surface area contributed by atoms with E-state index in [1.54, 1.807) is 12.1 Å². The van der Waals surface area contributed by atoms with Crippen LogP contribution in [0.1, 0.15) is 23.7 Å². The standard InChI is InChI=1S/C15H25N3O4S/c1-3-7-16-8-9-17-15(19)13-5-4-6-14(12-13)23(20,21)18-10-11-22-2/h4-6,12,16,18H,3,7-11H2,1-2H3,(H,17,19). The first kappa shape index (κ1) is 19.6. The van der Waals surface area contributed by atoms with E-state index in [1.165, 1.54) is 19.2 Å². The molecule has 0 fully saturated rings. The van der Waals surface area contributed by atoms with Gasteiger partial charge in [0.15, 0.2) is 0 Å². The quantitative estimate of drug-likeness (QED) is 0.504. The fourth-order valence-electron chi connectivity index (χ4n) is 1.83. The average molecular weight is 343 g/mol. The zero-order valence-corrected chi connectivity index (χ0v) is 14.4. The van der Waals surface area contributed by atoms with Crippen LogP contribution < -0.4 is 15.4 Å². The van der Waals surface area contributed by atoms with Crippen molar-refractivity contribution in [1.82, 2.24) is 15.4 Å². The van der Waals surface area contributed by atoms with Gasteiger partial charge in [-0.15, -0.1) is 0 Å². The van der Waals surface area contributed by atoms with Gasteiger partial charge in [0, 0.05) is 32.3 Å². The van der Waals surface area contributed by atoms with Crippen molar-refractivity contribution >= 4 is 15.9 Å². The number of methoxy groups -OCH3 is 1. The third-order valence-electron chi connectivity index (χ3n) is 3.02. The van der Waals surface area contributed by atoms with Gasteiger partial charge in [0.1, 0.15) is 0 Å². The maximum Gasteiger partial charge on any atom is 0.251 e. The van der Waals surface area contributed by atoms with Crippen LogP contribution in [0.5, 0.6) is 0 Å². The molecule has 130 valence electrons. The predicted octanol–water partition coefficient (Wildman–Crippen LogP) is 0.341. The SMILES string of the molecule is CCCNCCNC(=O)c1cccc(S(=O)(=O)NCCOC)c1. The highest BCUT2D eigenvalue weighted by molar-refractivity contribution is 7.89. The van der Waals surface area contributed by atoms with E-state index in [4.69, 9.17) is 4.74 Å². The molecule has 0 spiro atoms. The first-order valence-corrected chi connectivity index (χ1v) is 9.07. The molecule has 0 atom stereocenters. The summed E-state index contributed by atoms with van der Waals surface area (Å²) in [6.07, 6.45) is 1.03. The number of carbonyl (C=O) groups is 1. The summed E-state index contributed by atoms with van der Waals surface area (Å²) in [5, 5.41) is 5.93. The third-order valence-corrected chi connectivity index (χ3v) is 4.48. The van der Waals surface area contributed by atoms with Crippen LogP contribution in [0, 0.1) is 0 Å². The minimum absolute atomic E-state index is 0.0605. The number of benzene rings is 1. The Morgan fingerprint density at radius 2 is 1.96 bits per heavy atom. The van der Waals surface area contributed by atoms with E-state index in [-0.39, 0.29) is 24.0 Å². The van der Waals surface area contributed by atoms with Gasteiger partial charge in [0.05, 0.1) is 11.5 Å². The lowest BCUT2D eigenvalue weighted by Crippen LogP contribution is -2.32. The number of nitrogens with one attached hydrogen (secondary N) is 3. The van der Waals surface area contributed by atoms with Crippen molar-refractivity contribution in [3.63, 3.8) is 0 Å². The summed E-state index contributed by atoms with van der Waals surface area (Å²) in [6, 6.07) is 5.96. The highest BCUT2D eigenvalue weighted by atomic mass is 32.2. The van der Waals surface area contributed by atoms with E-state index in [2.05, 4.69) is 22.3 Å². The van der Waals surface area contributed by atoms with Crippen molar-refractivity contribution < 1.29 is 17.9 Å². The fraction of sp³-hybridized carbons (Fsp3) is 0.533. The summed E-state index contributed by atoms with van der Waals surface area (Å²) in [5.74, 6) is -0.294. The lowest BCUT2D eigenvalue weighted by atomic mass is 10.2. The Labute approximate surface area is 137 Å². The summed E-state index contributed by atoms with van der Waals surface area (Å²) in [5.41, 5.74) is 0.315. The zero-order valence-electron chi connectivity index (χ0n) is 13.6. The Bertz CT molecular complexity index is 590. The molecule has 0 unspecified atom stereocenters. The topological polar surface area (TPSA) is 96.5 Å². The first-order chi connectivity index (χ1) is 11.0. The second-order valence-electron chi connectivity index (χ2n) is 4.92. The van der Waals surface area contributed by atoms with Crippen LogP contribution in [0.2, 0.25) is 0 Å². The van der Waals surface area contributed by atoms with E-state index >= 15 is 0 Å². The number of ether oxygens (including phenoxy) is 1. The molecule has 0 aliphatic carbocycles. The van der Waals surface area contributed by atoms with Crippen molar-refractivity contribution in [1.29, 1.82) is 0 Å². The molecule has 0 heterocycles. The number of sulfonamides is 1. The predicted molar refractivity (Wildman–Crippen MR) is 89.0 cm³/mol. The van der Waals surface area contributed by atoms with Gasteiger partial charge in [-0.3, -0.25) is 4.79 Å². The lowest BCUT2D eigenvalue weighted by Gasteiger charge is -2.09. The van der Waals surface area contributed by atoms with E-state index < -0.39 is 10.0 Å². The molecule has 8 heteroatoms. The normalized spacial score (nSPS) is 11.4. The molecule has 3 N–H and O–H groups in total. The van der Waals surface area contributed by atoms with E-state index in [0.29, 0.717) is 18.7 Å². The second kappa shape index (κ2) is 10.3. The largest absolute Gasteiger partial charge is 0.383 e. The number of hydrogen-bond acceptors (Lipinski definition) is 5. The minimum atomic E-state index is -3.64. The van der Waals surface area contributed by atoms with Crippen molar-refractivity contribution in [2.45, 2.75) is 18.2 Å². The molecule has 0 aliphatic rings. The Hall–Kier alpha value is -1.48. The van der Waals surface area contributed by atoms with Gasteiger partial charge in [0.25, 0.3) is 5.91 Å². The van der Waals surface area contributed by atoms with Crippen LogP contribution in [0.4, 0.5) is 0 Å². The van der Waals surface area contributed by atoms with Crippen LogP contribution in [0.25, 0.3) is 0 Å². The molecule has 1 aromatic rings. The lowest BCUT2D eigenvalue weighted by molar-refractivity contribution is 0.0953. The van der Waals surface area contributed by atoms with Crippen molar-refractivity contribution in [2.24, 2.45) is 0 Å². The summed E-state index contributed by atoms with van der Waals surface area (Å²) >= 11 is 0. The molecule has 7 nitrogen and oxygen atoms in total. The number of amides is 1. The maximum absolute atomic E-state index is 12.1. The van der Waals surface area contributed by atoms with E-state index in [9.17, 15) is 13.2 Å². The van der Waals surface area contributed by atoms with Gasteiger partial charge < -0.3 is 15.4 Å². The summed E-state index contributed by atoms with van der Waals surface area (Å²) in [4.78, 5) is 12.1. The molecule has 0 radical (unpaired) electrons. The molecule has 0 saturated heterocycles. The van der Waals surface area contributed by atoms with Gasteiger partial charge >= 0.3 is 0 Å². The van der Waals surface area contributed by atoms with Crippen LogP contribution in [-0.2, 0) is 14.8 Å². The van der Waals surface area contributed by atoms with E-state index in [1.807, 2.05) is 0 Å². The molecule has 1 rings (SSSR count). The smallest absolute Gasteiger partial charge is 0.251 e. The third kappa shape index (κ3) is 7.08. The van der Waals surface area contributed by atoms with Crippen LogP contribution >= 0.6 is 0 Å². The molecular weight excluding hydrogens is 318 g/mol. The van der Waals surface area contributed by atoms with Gasteiger partial charge in [-0.05, 0) is 31.2 Å². The molecule has 0 aromatic heterocycles. The van der Waals surface area contributed by atoms with Gasteiger partial charge in [-0.25, -0.2) is 13.1 Å². The highest BCUT2D eigenvalue weighted by Gasteiger charge is 2.15. The average Bonchev–Trinajstić information content (AvgIpc) is 2.55. The van der Waals surface area contributed by atoms with Crippen LogP contribution in [0.15, 0.2) is 29.2 Å². The number of hydrogen-bond donors (Lipinski definition) is 3. The maximum atomic E-state index is 12.1. The van der Waals surface area contributed by atoms with E-state index in [0.717, 1.165) is 13.0 Å². The molecule has 0 aliphatic heterocycles. The Kier molecular flexibility index (Phi) is 8.78. The highest BCUT2D eigenvalue weighted by Crippen LogP contribution is 2.11. The molecule has 0 bridgehead atoms. The van der Waals surface area contributed by atoms with Gasteiger partial charge in [-0.2, -0.15) is 0 Å². The van der Waals surface area contributed by atoms with Gasteiger partial charge in [0.2, 0.25) is 10.0 Å². The summed E-state index contributed by atoms with van der Waals surface area (Å²) in [6.45, 7) is 4.59. The molecule has 1 amide bonds. The van der Waals surface area contributed by atoms with Gasteiger partial charge in [-0.1, -0.05) is 13.0 Å². The molecular formula is C15H25N3O4S. The Morgan fingerprint density at radius 1 is 1.17 bits per heavy atom. The zero-order chi connectivity index (χ0) is 17.1. The Balaban J connectivity index is 2.63. The van der Waals surface area contributed by atoms with Crippen molar-refractivity contribution in [2.75, 3.05) is 39.9 Å². The molecule has 23 heavy (non-hydrogen) atoms. The first-order valence-electron chi connectivity index (χ1n) is 7.59. The minimum Gasteiger partial charge on any atom is -0.383 e. The second-order valence-corrected chi connectivity index (χ2v) is 6.69. The fourth-order valence-corrected chi connectivity index (χ4v) is 2.89. The monoisotopic (exact) mass is 343 g/mol. The van der Waals surface area contributed by atoms with Crippen molar-refractivity contribution in [3.05, 3.63) is 29.8 Å². The number of carbonyl (C=O) groups excluding carboxylic acids is 1. The summed E-state index contributed by atoms with van der Waals surface area (Å²) < 4.78 is 31.4. The molecule has 0 saturated carbocycles. The molecule has 1 aromatic carbocycles. The summed E-state index contributed by atoms with van der Waals surface area (Å²) in [7, 11) is -2.15. The number of rotatable bonds is 11. The van der Waals surface area contributed by atoms with Crippen LogP contribution in [0.3, 0.4) is 0 Å².